The molecule has 120 valence electrons. The van der Waals surface area contributed by atoms with Gasteiger partial charge in [-0.1, -0.05) is 91.9 Å². The minimum Gasteiger partial charge on any atom is -0.0654 e. The van der Waals surface area contributed by atoms with E-state index in [4.69, 9.17) is 0 Å². The van der Waals surface area contributed by atoms with Crippen molar-refractivity contribution in [1.29, 1.82) is 0 Å². The molecule has 0 amide bonds. The molecule has 1 saturated carbocycles. The Kier molecular flexibility index (Phi) is 9.65. The molecule has 0 aromatic heterocycles. The zero-order valence-electron chi connectivity index (χ0n) is 14.8. The standard InChI is InChI=1S/C20H40/c1-5-7-9-10-13-17(3)19(15-8-6-2)20-16-12-11-14-18(20)4/h17-20H,5-16H2,1-4H3. The van der Waals surface area contributed by atoms with Crippen molar-refractivity contribution in [3.63, 3.8) is 0 Å². The molecule has 0 heterocycles. The third kappa shape index (κ3) is 6.19. The normalized spacial score (nSPS) is 26.4. The number of rotatable bonds is 10. The molecule has 4 unspecified atom stereocenters. The Hall–Kier alpha value is 0. The monoisotopic (exact) mass is 280 g/mol. The molecule has 0 bridgehead atoms. The maximum absolute atomic E-state index is 2.56. The Morgan fingerprint density at radius 3 is 2.20 bits per heavy atom. The molecule has 1 fully saturated rings. The first-order valence-corrected chi connectivity index (χ1v) is 9.70. The molecule has 1 rings (SSSR count). The van der Waals surface area contributed by atoms with Gasteiger partial charge in [-0.25, -0.2) is 0 Å². The van der Waals surface area contributed by atoms with Gasteiger partial charge < -0.3 is 0 Å². The molecule has 0 aromatic rings. The second kappa shape index (κ2) is 10.7. The fourth-order valence-electron chi connectivity index (χ4n) is 4.45. The lowest BCUT2D eigenvalue weighted by Crippen LogP contribution is -2.29. The molecule has 20 heavy (non-hydrogen) atoms. The summed E-state index contributed by atoms with van der Waals surface area (Å²) in [5.74, 6) is 4.01. The van der Waals surface area contributed by atoms with Crippen LogP contribution in [0.4, 0.5) is 0 Å². The van der Waals surface area contributed by atoms with Crippen LogP contribution in [-0.2, 0) is 0 Å². The van der Waals surface area contributed by atoms with Gasteiger partial charge in [0.1, 0.15) is 0 Å². The lowest BCUT2D eigenvalue weighted by molar-refractivity contribution is 0.115. The molecule has 1 aliphatic rings. The average molecular weight is 281 g/mol. The topological polar surface area (TPSA) is 0 Å². The fourth-order valence-corrected chi connectivity index (χ4v) is 4.45. The van der Waals surface area contributed by atoms with Crippen molar-refractivity contribution >= 4 is 0 Å². The minimum atomic E-state index is 0.962. The maximum Gasteiger partial charge on any atom is -0.0358 e. The zero-order valence-corrected chi connectivity index (χ0v) is 14.8. The average Bonchev–Trinajstić information content (AvgIpc) is 2.46. The van der Waals surface area contributed by atoms with E-state index in [9.17, 15) is 0 Å². The molecule has 0 aliphatic heterocycles. The van der Waals surface area contributed by atoms with Gasteiger partial charge in [0.2, 0.25) is 0 Å². The Morgan fingerprint density at radius 2 is 1.55 bits per heavy atom. The molecule has 4 atom stereocenters. The summed E-state index contributed by atoms with van der Waals surface area (Å²) >= 11 is 0. The van der Waals surface area contributed by atoms with Gasteiger partial charge in [0, 0.05) is 0 Å². The summed E-state index contributed by atoms with van der Waals surface area (Å²) in [5, 5.41) is 0. The van der Waals surface area contributed by atoms with Crippen molar-refractivity contribution in [3.8, 4) is 0 Å². The Labute approximate surface area is 129 Å². The molecule has 0 radical (unpaired) electrons. The summed E-state index contributed by atoms with van der Waals surface area (Å²) in [7, 11) is 0. The van der Waals surface area contributed by atoms with Crippen molar-refractivity contribution in [1.82, 2.24) is 0 Å². The molecular weight excluding hydrogens is 240 g/mol. The molecule has 0 spiro atoms. The van der Waals surface area contributed by atoms with Crippen LogP contribution in [0.5, 0.6) is 0 Å². The third-order valence-electron chi connectivity index (χ3n) is 5.86. The van der Waals surface area contributed by atoms with E-state index < -0.39 is 0 Å². The van der Waals surface area contributed by atoms with Crippen LogP contribution in [0.25, 0.3) is 0 Å². The van der Waals surface area contributed by atoms with E-state index in [1.54, 1.807) is 0 Å². The van der Waals surface area contributed by atoms with Crippen LogP contribution < -0.4 is 0 Å². The van der Waals surface area contributed by atoms with Gasteiger partial charge in [0.05, 0.1) is 0 Å². The molecule has 0 heteroatoms. The molecule has 0 nitrogen and oxygen atoms in total. The SMILES string of the molecule is CCCCCCC(C)C(CCCC)C1CCCCC1C. The Bertz CT molecular complexity index is 220. The highest BCUT2D eigenvalue weighted by Gasteiger charge is 2.31. The van der Waals surface area contributed by atoms with E-state index in [0.717, 1.165) is 23.7 Å². The molecule has 0 aromatic carbocycles. The zero-order chi connectivity index (χ0) is 14.8. The molecular formula is C20H40. The number of hydrogen-bond acceptors (Lipinski definition) is 0. The van der Waals surface area contributed by atoms with Crippen LogP contribution in [0.2, 0.25) is 0 Å². The van der Waals surface area contributed by atoms with E-state index >= 15 is 0 Å². The Morgan fingerprint density at radius 1 is 0.850 bits per heavy atom. The van der Waals surface area contributed by atoms with E-state index in [0.29, 0.717) is 0 Å². The number of unbranched alkanes of at least 4 members (excludes halogenated alkanes) is 4. The fraction of sp³-hybridized carbons (Fsp3) is 1.00. The van der Waals surface area contributed by atoms with Gasteiger partial charge in [-0.05, 0) is 36.5 Å². The van der Waals surface area contributed by atoms with Crippen LogP contribution in [-0.4, -0.2) is 0 Å². The van der Waals surface area contributed by atoms with Gasteiger partial charge >= 0.3 is 0 Å². The first-order valence-electron chi connectivity index (χ1n) is 9.70. The quantitative estimate of drug-likeness (QED) is 0.370. The van der Waals surface area contributed by atoms with Crippen molar-refractivity contribution in [2.24, 2.45) is 23.7 Å². The van der Waals surface area contributed by atoms with Gasteiger partial charge in [-0.2, -0.15) is 0 Å². The highest BCUT2D eigenvalue weighted by Crippen LogP contribution is 2.41. The van der Waals surface area contributed by atoms with Crippen molar-refractivity contribution in [2.45, 2.75) is 105 Å². The lowest BCUT2D eigenvalue weighted by atomic mass is 9.67. The van der Waals surface area contributed by atoms with Crippen LogP contribution in [0.1, 0.15) is 105 Å². The van der Waals surface area contributed by atoms with Gasteiger partial charge in [0.15, 0.2) is 0 Å². The molecule has 1 aliphatic carbocycles. The summed E-state index contributed by atoms with van der Waals surface area (Å²) in [6.45, 7) is 9.77. The van der Waals surface area contributed by atoms with Gasteiger partial charge in [-0.15, -0.1) is 0 Å². The molecule has 0 saturated heterocycles. The van der Waals surface area contributed by atoms with Crippen molar-refractivity contribution < 1.29 is 0 Å². The van der Waals surface area contributed by atoms with Gasteiger partial charge in [-0.3, -0.25) is 0 Å². The first kappa shape index (κ1) is 18.1. The van der Waals surface area contributed by atoms with E-state index in [1.807, 2.05) is 0 Å². The highest BCUT2D eigenvalue weighted by molar-refractivity contribution is 4.81. The van der Waals surface area contributed by atoms with E-state index in [-0.39, 0.29) is 0 Å². The minimum absolute atomic E-state index is 0.962. The van der Waals surface area contributed by atoms with Crippen LogP contribution in [0, 0.1) is 23.7 Å². The summed E-state index contributed by atoms with van der Waals surface area (Å²) in [6, 6.07) is 0. The maximum atomic E-state index is 2.56. The van der Waals surface area contributed by atoms with Gasteiger partial charge in [0.25, 0.3) is 0 Å². The second-order valence-corrected chi connectivity index (χ2v) is 7.56. The van der Waals surface area contributed by atoms with E-state index in [2.05, 4.69) is 27.7 Å². The largest absolute Gasteiger partial charge is 0.0654 e. The summed E-state index contributed by atoms with van der Waals surface area (Å²) in [6.07, 6.45) is 17.6. The predicted octanol–water partition coefficient (Wildman–Crippen LogP) is 7.23. The highest BCUT2D eigenvalue weighted by atomic mass is 14.4. The first-order chi connectivity index (χ1) is 9.70. The smallest absolute Gasteiger partial charge is 0.0358 e. The van der Waals surface area contributed by atoms with Crippen LogP contribution in [0.15, 0.2) is 0 Å². The number of hydrogen-bond donors (Lipinski definition) is 0. The summed E-state index contributed by atoms with van der Waals surface area (Å²) < 4.78 is 0. The van der Waals surface area contributed by atoms with Crippen molar-refractivity contribution in [3.05, 3.63) is 0 Å². The summed E-state index contributed by atoms with van der Waals surface area (Å²) in [5.41, 5.74) is 0. The van der Waals surface area contributed by atoms with E-state index in [1.165, 1.54) is 77.0 Å². The molecule has 0 N–H and O–H groups in total. The Balaban J connectivity index is 2.48. The summed E-state index contributed by atoms with van der Waals surface area (Å²) in [4.78, 5) is 0. The van der Waals surface area contributed by atoms with Crippen molar-refractivity contribution in [2.75, 3.05) is 0 Å². The third-order valence-corrected chi connectivity index (χ3v) is 5.86. The lowest BCUT2D eigenvalue weighted by Gasteiger charge is -2.39. The van der Waals surface area contributed by atoms with Crippen LogP contribution in [0.3, 0.4) is 0 Å². The van der Waals surface area contributed by atoms with Crippen LogP contribution >= 0.6 is 0 Å². The predicted molar refractivity (Wildman–Crippen MR) is 92.1 cm³/mol. The second-order valence-electron chi connectivity index (χ2n) is 7.56.